The number of fused-ring (bicyclic) bond motifs is 8. The summed E-state index contributed by atoms with van der Waals surface area (Å²) in [5.41, 5.74) is 7.13. The predicted octanol–water partition coefficient (Wildman–Crippen LogP) is 2.20. The Hall–Kier alpha value is -4.45. The highest BCUT2D eigenvalue weighted by molar-refractivity contribution is 5.76. The van der Waals surface area contributed by atoms with Gasteiger partial charge >= 0.3 is 0 Å². The van der Waals surface area contributed by atoms with Crippen LogP contribution in [0.3, 0.4) is 0 Å². The van der Waals surface area contributed by atoms with Gasteiger partial charge in [0.05, 0.1) is 34.9 Å². The fourth-order valence-corrected chi connectivity index (χ4v) is 4.68. The van der Waals surface area contributed by atoms with E-state index >= 15 is 0 Å². The zero-order valence-corrected chi connectivity index (χ0v) is 19.1. The Bertz CT molecular complexity index is 1730. The predicted molar refractivity (Wildman–Crippen MR) is 133 cm³/mol. The monoisotopic (exact) mass is 447 g/mol. The molecular formula is C28H25N5O. The summed E-state index contributed by atoms with van der Waals surface area (Å²) < 4.78 is 5.78. The van der Waals surface area contributed by atoms with E-state index in [1.54, 1.807) is 7.11 Å². The van der Waals surface area contributed by atoms with Gasteiger partial charge in [0.2, 0.25) is 0 Å². The van der Waals surface area contributed by atoms with E-state index in [1.165, 1.54) is 5.57 Å². The molecule has 6 rings (SSSR count). The molecule has 0 amide bonds. The van der Waals surface area contributed by atoms with Crippen LogP contribution in [0.4, 0.5) is 0 Å². The maximum atomic E-state index is 5.78. The normalized spacial score (nSPS) is 13.2. The highest BCUT2D eigenvalue weighted by Gasteiger charge is 2.13. The number of nitrogens with one attached hydrogen (secondary N) is 4. The van der Waals surface area contributed by atoms with E-state index in [0.29, 0.717) is 0 Å². The summed E-state index contributed by atoms with van der Waals surface area (Å²) in [5.74, 6) is 0.776. The minimum absolute atomic E-state index is 0.776. The van der Waals surface area contributed by atoms with E-state index in [2.05, 4.69) is 80.4 Å². The van der Waals surface area contributed by atoms with Gasteiger partial charge in [0.15, 0.2) is 5.76 Å². The second-order valence-corrected chi connectivity index (χ2v) is 8.33. The molecule has 5 aromatic rings. The van der Waals surface area contributed by atoms with Gasteiger partial charge in [-0.25, -0.2) is 0 Å². The lowest BCUT2D eigenvalue weighted by molar-refractivity contribution is 0.364. The van der Waals surface area contributed by atoms with E-state index in [0.717, 1.165) is 67.6 Å². The largest absolute Gasteiger partial charge is 0.492 e. The second kappa shape index (κ2) is 8.15. The first-order valence-electron chi connectivity index (χ1n) is 11.4. The maximum Gasteiger partial charge on any atom is 0.165 e. The fourth-order valence-electron chi connectivity index (χ4n) is 4.68. The van der Waals surface area contributed by atoms with Crippen LogP contribution in [0.2, 0.25) is 0 Å². The molecule has 4 N–H and O–H groups in total. The van der Waals surface area contributed by atoms with Gasteiger partial charge in [0, 0.05) is 33.9 Å². The third kappa shape index (κ3) is 3.40. The number of hydrogen-bond donors (Lipinski definition) is 4. The molecule has 6 nitrogen and oxygen atoms in total. The van der Waals surface area contributed by atoms with Crippen molar-refractivity contribution in [1.82, 2.24) is 24.9 Å². The Morgan fingerprint density at radius 2 is 1.56 bits per heavy atom. The van der Waals surface area contributed by atoms with Gasteiger partial charge in [-0.15, -0.1) is 0 Å². The Morgan fingerprint density at radius 3 is 2.38 bits per heavy atom. The molecule has 168 valence electrons. The lowest BCUT2D eigenvalue weighted by atomic mass is 10.1. The van der Waals surface area contributed by atoms with Crippen LogP contribution in [-0.4, -0.2) is 32.0 Å². The molecule has 6 heteroatoms. The zero-order valence-electron chi connectivity index (χ0n) is 19.1. The third-order valence-electron chi connectivity index (χ3n) is 6.26. The smallest absolute Gasteiger partial charge is 0.165 e. The summed E-state index contributed by atoms with van der Waals surface area (Å²) in [5, 5.41) is 3.99. The van der Waals surface area contributed by atoms with Crippen molar-refractivity contribution in [2.45, 2.75) is 13.3 Å². The summed E-state index contributed by atoms with van der Waals surface area (Å²) in [6, 6.07) is 22.7. The van der Waals surface area contributed by atoms with Crippen molar-refractivity contribution in [3.8, 4) is 0 Å². The fraction of sp³-hybridized carbons (Fsp3) is 0.107. The number of rotatable bonds is 3. The third-order valence-corrected chi connectivity index (χ3v) is 6.26. The van der Waals surface area contributed by atoms with Crippen LogP contribution in [0.1, 0.15) is 41.8 Å². The molecule has 0 aromatic carbocycles. The van der Waals surface area contributed by atoms with Crippen molar-refractivity contribution in [2.75, 3.05) is 7.11 Å². The molecule has 0 atom stereocenters. The first-order chi connectivity index (χ1) is 16.7. The van der Waals surface area contributed by atoms with Gasteiger partial charge in [-0.1, -0.05) is 13.0 Å². The van der Waals surface area contributed by atoms with Crippen LogP contribution < -0.4 is 21.4 Å². The molecule has 1 aliphatic heterocycles. The average Bonchev–Trinajstić information content (AvgIpc) is 3.66. The molecular weight excluding hydrogens is 422 g/mol. The van der Waals surface area contributed by atoms with Crippen LogP contribution in [0.5, 0.6) is 0 Å². The van der Waals surface area contributed by atoms with E-state index in [4.69, 9.17) is 4.74 Å². The van der Waals surface area contributed by atoms with Crippen molar-refractivity contribution < 1.29 is 4.74 Å². The van der Waals surface area contributed by atoms with Crippen molar-refractivity contribution in [3.05, 3.63) is 123 Å². The van der Waals surface area contributed by atoms with Crippen LogP contribution in [0.15, 0.2) is 72.9 Å². The van der Waals surface area contributed by atoms with Crippen molar-refractivity contribution in [1.29, 1.82) is 0 Å². The average molecular weight is 448 g/mol. The van der Waals surface area contributed by atoms with Gasteiger partial charge in [-0.2, -0.15) is 0 Å². The molecule has 0 saturated heterocycles. The van der Waals surface area contributed by atoms with Gasteiger partial charge < -0.3 is 24.7 Å². The molecule has 0 spiro atoms. The number of aromatic nitrogens is 5. The molecule has 0 aliphatic carbocycles. The van der Waals surface area contributed by atoms with E-state index in [1.807, 2.05) is 30.5 Å². The van der Waals surface area contributed by atoms with Gasteiger partial charge in [-0.05, 0) is 78.7 Å². The molecule has 6 heterocycles. The van der Waals surface area contributed by atoms with Crippen molar-refractivity contribution in [3.63, 3.8) is 0 Å². The second-order valence-electron chi connectivity index (χ2n) is 8.33. The number of ether oxygens (including phenoxy) is 1. The Labute approximate surface area is 196 Å². The van der Waals surface area contributed by atoms with Crippen LogP contribution in [0.25, 0.3) is 23.0 Å². The maximum absolute atomic E-state index is 5.78. The Kier molecular flexibility index (Phi) is 4.84. The number of H-pyrrole nitrogens is 4. The van der Waals surface area contributed by atoms with Crippen LogP contribution in [0, 0.1) is 0 Å². The lowest BCUT2D eigenvalue weighted by Crippen LogP contribution is -2.18. The van der Waals surface area contributed by atoms with E-state index in [9.17, 15) is 0 Å². The first kappa shape index (κ1) is 20.2. The molecule has 34 heavy (non-hydrogen) atoms. The number of nitrogens with zero attached hydrogens (tertiary/aromatic N) is 1. The summed E-state index contributed by atoms with van der Waals surface area (Å²) in [6.45, 7) is 2.17. The molecule has 8 bridgehead atoms. The van der Waals surface area contributed by atoms with Crippen LogP contribution >= 0.6 is 0 Å². The SMILES string of the molecule is CCC1=c2ccc([nH]2)=C(c2ccccn2)c2ccc([nH]2)C=c2ccc([nH]2)=C(OC)c2ccc1[nH]2. The zero-order chi connectivity index (χ0) is 23.1. The van der Waals surface area contributed by atoms with Gasteiger partial charge in [0.25, 0.3) is 0 Å². The first-order valence-corrected chi connectivity index (χ1v) is 11.4. The molecule has 0 unspecified atom stereocenters. The summed E-state index contributed by atoms with van der Waals surface area (Å²) in [7, 11) is 1.70. The molecule has 1 aliphatic rings. The van der Waals surface area contributed by atoms with Gasteiger partial charge in [0.1, 0.15) is 0 Å². The summed E-state index contributed by atoms with van der Waals surface area (Å²) in [6.07, 6.45) is 4.79. The van der Waals surface area contributed by atoms with Crippen molar-refractivity contribution in [2.24, 2.45) is 0 Å². The number of aromatic amines is 4. The Morgan fingerprint density at radius 1 is 0.735 bits per heavy atom. The van der Waals surface area contributed by atoms with Gasteiger partial charge in [-0.3, -0.25) is 4.98 Å². The molecule has 0 fully saturated rings. The van der Waals surface area contributed by atoms with Crippen molar-refractivity contribution >= 4 is 23.0 Å². The highest BCUT2D eigenvalue weighted by Crippen LogP contribution is 2.20. The Balaban J connectivity index is 1.72. The van der Waals surface area contributed by atoms with E-state index in [-0.39, 0.29) is 0 Å². The summed E-state index contributed by atoms with van der Waals surface area (Å²) >= 11 is 0. The lowest BCUT2D eigenvalue weighted by Gasteiger charge is -2.05. The summed E-state index contributed by atoms with van der Waals surface area (Å²) in [4.78, 5) is 18.9. The molecule has 0 saturated carbocycles. The highest BCUT2D eigenvalue weighted by atomic mass is 16.5. The number of methoxy groups -OCH3 is 1. The topological polar surface area (TPSA) is 85.3 Å². The minimum atomic E-state index is 0.776. The minimum Gasteiger partial charge on any atom is -0.492 e. The molecule has 0 radical (unpaired) electrons. The van der Waals surface area contributed by atoms with E-state index < -0.39 is 0 Å². The van der Waals surface area contributed by atoms with Crippen LogP contribution in [-0.2, 0) is 4.74 Å². The molecule has 5 aromatic heterocycles. The number of pyridine rings is 1. The number of hydrogen-bond acceptors (Lipinski definition) is 2. The standard InChI is InChI=1S/C28H25N5O/c1-3-19-20-11-13-24(32-20)27(22-6-4-5-15-29-22)23-9-7-17(30-23)16-18-8-10-25(31-18)28(34-2)26-14-12-21(19)33-26/h4-16,30-33H,3H2,1-2H3. The quantitative estimate of drug-likeness (QED) is 0.342.